The van der Waals surface area contributed by atoms with Gasteiger partial charge in [-0.05, 0) is 17.7 Å². The molecule has 0 amide bonds. The summed E-state index contributed by atoms with van der Waals surface area (Å²) >= 11 is 0. The van der Waals surface area contributed by atoms with Crippen molar-refractivity contribution in [3.8, 4) is 17.2 Å². The molecule has 0 aliphatic rings. The first-order valence-electron chi connectivity index (χ1n) is 4.08. The van der Waals surface area contributed by atoms with Gasteiger partial charge in [0.15, 0.2) is 11.5 Å². The molecular formula is C9H13NO4. The normalized spacial score (nSPS) is 12.5. The molecule has 1 aromatic carbocycles. The number of hydrogen-bond donors (Lipinski definition) is 4. The van der Waals surface area contributed by atoms with Crippen LogP contribution in [0, 0.1) is 0 Å². The Kier molecular flexibility index (Phi) is 3.16. The minimum Gasteiger partial charge on any atom is -0.504 e. The Labute approximate surface area is 81.4 Å². The zero-order valence-corrected chi connectivity index (χ0v) is 7.77. The molecule has 1 aromatic rings. The van der Waals surface area contributed by atoms with Gasteiger partial charge in [-0.1, -0.05) is 0 Å². The molecule has 0 saturated heterocycles. The van der Waals surface area contributed by atoms with Crippen LogP contribution in [0.4, 0.5) is 0 Å². The van der Waals surface area contributed by atoms with Gasteiger partial charge in [-0.2, -0.15) is 0 Å². The van der Waals surface area contributed by atoms with Gasteiger partial charge in [0.25, 0.3) is 0 Å². The third-order valence-electron chi connectivity index (χ3n) is 1.91. The predicted molar refractivity (Wildman–Crippen MR) is 50.3 cm³/mol. The van der Waals surface area contributed by atoms with Crippen LogP contribution in [-0.4, -0.2) is 29.0 Å². The third-order valence-corrected chi connectivity index (χ3v) is 1.91. The summed E-state index contributed by atoms with van der Waals surface area (Å²) in [7, 11) is 1.35. The van der Waals surface area contributed by atoms with Gasteiger partial charge < -0.3 is 25.8 Å². The SMILES string of the molecule is COc1cc([C@H](O)CN)cc(O)c1O. The molecule has 5 heteroatoms. The average Bonchev–Trinajstić information content (AvgIpc) is 2.20. The largest absolute Gasteiger partial charge is 0.504 e. The molecule has 1 atom stereocenters. The lowest BCUT2D eigenvalue weighted by molar-refractivity contribution is 0.185. The Morgan fingerprint density at radius 3 is 2.57 bits per heavy atom. The number of aromatic hydroxyl groups is 2. The molecule has 0 saturated carbocycles. The maximum Gasteiger partial charge on any atom is 0.200 e. The lowest BCUT2D eigenvalue weighted by Gasteiger charge is -2.11. The highest BCUT2D eigenvalue weighted by Gasteiger charge is 2.13. The summed E-state index contributed by atoms with van der Waals surface area (Å²) in [5.74, 6) is -0.583. The van der Waals surface area contributed by atoms with Crippen molar-refractivity contribution < 1.29 is 20.1 Å². The summed E-state index contributed by atoms with van der Waals surface area (Å²) in [5, 5.41) is 28.0. The number of nitrogens with two attached hydrogens (primary N) is 1. The van der Waals surface area contributed by atoms with Gasteiger partial charge in [0, 0.05) is 6.54 Å². The quantitative estimate of drug-likeness (QED) is 0.518. The van der Waals surface area contributed by atoms with Gasteiger partial charge in [-0.15, -0.1) is 0 Å². The number of aliphatic hydroxyl groups excluding tert-OH is 1. The van der Waals surface area contributed by atoms with E-state index < -0.39 is 6.10 Å². The van der Waals surface area contributed by atoms with E-state index in [4.69, 9.17) is 10.5 Å². The van der Waals surface area contributed by atoms with Crippen molar-refractivity contribution in [2.75, 3.05) is 13.7 Å². The van der Waals surface area contributed by atoms with E-state index >= 15 is 0 Å². The van der Waals surface area contributed by atoms with E-state index in [0.29, 0.717) is 5.56 Å². The van der Waals surface area contributed by atoms with E-state index in [1.807, 2.05) is 0 Å². The van der Waals surface area contributed by atoms with E-state index in [2.05, 4.69) is 0 Å². The number of phenolic OH excluding ortho intramolecular Hbond substituents is 2. The average molecular weight is 199 g/mol. The fourth-order valence-electron chi connectivity index (χ4n) is 1.10. The van der Waals surface area contributed by atoms with E-state index in [1.165, 1.54) is 19.2 Å². The van der Waals surface area contributed by atoms with Crippen LogP contribution in [0.1, 0.15) is 11.7 Å². The Hall–Kier alpha value is -1.46. The molecular weight excluding hydrogens is 186 g/mol. The topological polar surface area (TPSA) is 95.9 Å². The maximum absolute atomic E-state index is 9.39. The predicted octanol–water partition coefficient (Wildman–Crippen LogP) is 0.0985. The Morgan fingerprint density at radius 2 is 2.07 bits per heavy atom. The maximum atomic E-state index is 9.39. The second-order valence-electron chi connectivity index (χ2n) is 2.84. The van der Waals surface area contributed by atoms with Crippen LogP contribution in [0.25, 0.3) is 0 Å². The van der Waals surface area contributed by atoms with Crippen LogP contribution in [0.2, 0.25) is 0 Å². The molecule has 1 rings (SSSR count). The summed E-state index contributed by atoms with van der Waals surface area (Å²) < 4.78 is 4.80. The van der Waals surface area contributed by atoms with Crippen LogP contribution in [-0.2, 0) is 0 Å². The molecule has 0 spiro atoms. The lowest BCUT2D eigenvalue weighted by atomic mass is 10.1. The first-order valence-corrected chi connectivity index (χ1v) is 4.08. The molecule has 0 aliphatic carbocycles. The standard InChI is InChI=1S/C9H13NO4/c1-14-8-3-5(7(12)4-10)2-6(11)9(8)13/h2-3,7,11-13H,4,10H2,1H3/t7-/m1/s1. The number of aliphatic hydroxyl groups is 1. The number of methoxy groups -OCH3 is 1. The molecule has 0 heterocycles. The molecule has 5 N–H and O–H groups in total. The molecule has 0 bridgehead atoms. The highest BCUT2D eigenvalue weighted by molar-refractivity contribution is 5.52. The Balaban J connectivity index is 3.16. The van der Waals surface area contributed by atoms with Gasteiger partial charge in [-0.25, -0.2) is 0 Å². The smallest absolute Gasteiger partial charge is 0.200 e. The molecule has 0 radical (unpaired) electrons. The molecule has 14 heavy (non-hydrogen) atoms. The summed E-state index contributed by atoms with van der Waals surface area (Å²) in [6.45, 7) is 0.0351. The molecule has 0 fully saturated rings. The van der Waals surface area contributed by atoms with Crippen LogP contribution in [0.3, 0.4) is 0 Å². The summed E-state index contributed by atoms with van der Waals surface area (Å²) in [6, 6.07) is 2.67. The number of hydrogen-bond acceptors (Lipinski definition) is 5. The molecule has 0 aromatic heterocycles. The van der Waals surface area contributed by atoms with Crippen molar-refractivity contribution in [2.24, 2.45) is 5.73 Å². The summed E-state index contributed by atoms with van der Waals surface area (Å²) in [4.78, 5) is 0. The zero-order valence-electron chi connectivity index (χ0n) is 7.77. The summed E-state index contributed by atoms with van der Waals surface area (Å²) in [5.41, 5.74) is 5.65. The van der Waals surface area contributed by atoms with Crippen molar-refractivity contribution >= 4 is 0 Å². The molecule has 5 nitrogen and oxygen atoms in total. The second kappa shape index (κ2) is 4.17. The van der Waals surface area contributed by atoms with Crippen molar-refractivity contribution in [1.29, 1.82) is 0 Å². The summed E-state index contributed by atoms with van der Waals surface area (Å²) in [6.07, 6.45) is -0.879. The number of rotatable bonds is 3. The van der Waals surface area contributed by atoms with E-state index in [1.54, 1.807) is 0 Å². The van der Waals surface area contributed by atoms with Gasteiger partial charge >= 0.3 is 0 Å². The first kappa shape index (κ1) is 10.6. The fraction of sp³-hybridized carbons (Fsp3) is 0.333. The Bertz CT molecular complexity index is 327. The van der Waals surface area contributed by atoms with E-state index in [0.717, 1.165) is 0 Å². The van der Waals surface area contributed by atoms with Gasteiger partial charge in [0.2, 0.25) is 5.75 Å². The lowest BCUT2D eigenvalue weighted by Crippen LogP contribution is -2.11. The fourth-order valence-corrected chi connectivity index (χ4v) is 1.10. The zero-order chi connectivity index (χ0) is 10.7. The third kappa shape index (κ3) is 1.89. The molecule has 0 unspecified atom stereocenters. The molecule has 78 valence electrons. The van der Waals surface area contributed by atoms with Crippen molar-refractivity contribution in [2.45, 2.75) is 6.10 Å². The van der Waals surface area contributed by atoms with Gasteiger partial charge in [-0.3, -0.25) is 0 Å². The number of ether oxygens (including phenoxy) is 1. The minimum atomic E-state index is -0.879. The number of phenols is 2. The highest BCUT2D eigenvalue weighted by Crippen LogP contribution is 2.37. The van der Waals surface area contributed by atoms with E-state index in [-0.39, 0.29) is 23.8 Å². The monoisotopic (exact) mass is 199 g/mol. The second-order valence-corrected chi connectivity index (χ2v) is 2.84. The van der Waals surface area contributed by atoms with Crippen molar-refractivity contribution in [1.82, 2.24) is 0 Å². The first-order chi connectivity index (χ1) is 6.60. The van der Waals surface area contributed by atoms with E-state index in [9.17, 15) is 15.3 Å². The van der Waals surface area contributed by atoms with Crippen LogP contribution in [0.5, 0.6) is 17.2 Å². The van der Waals surface area contributed by atoms with Crippen molar-refractivity contribution in [3.05, 3.63) is 17.7 Å². The highest BCUT2D eigenvalue weighted by atomic mass is 16.5. The van der Waals surface area contributed by atoms with Crippen LogP contribution in [0.15, 0.2) is 12.1 Å². The van der Waals surface area contributed by atoms with Crippen LogP contribution >= 0.6 is 0 Å². The minimum absolute atomic E-state index is 0.0351. The van der Waals surface area contributed by atoms with Crippen molar-refractivity contribution in [3.63, 3.8) is 0 Å². The van der Waals surface area contributed by atoms with Crippen LogP contribution < -0.4 is 10.5 Å². The van der Waals surface area contributed by atoms with Gasteiger partial charge in [0.1, 0.15) is 0 Å². The number of benzene rings is 1. The van der Waals surface area contributed by atoms with Gasteiger partial charge in [0.05, 0.1) is 13.2 Å². The Morgan fingerprint density at radius 1 is 1.43 bits per heavy atom. The molecule has 0 aliphatic heterocycles.